The van der Waals surface area contributed by atoms with Crippen LogP contribution >= 0.6 is 0 Å². The highest BCUT2D eigenvalue weighted by atomic mass is 15.4. The fourth-order valence-corrected chi connectivity index (χ4v) is 3.82. The minimum atomic E-state index is 1.25. The summed E-state index contributed by atoms with van der Waals surface area (Å²) in [6.45, 7) is 9.82. The molecule has 3 rings (SSSR count). The smallest absolute Gasteiger partial charge is 0.105 e. The van der Waals surface area contributed by atoms with Crippen LogP contribution in [0.3, 0.4) is 0 Å². The summed E-state index contributed by atoms with van der Waals surface area (Å²) in [6.07, 6.45) is 5.34. The number of rotatable bonds is 6. The van der Waals surface area contributed by atoms with Gasteiger partial charge in [0.15, 0.2) is 0 Å². The molecule has 0 bridgehead atoms. The summed E-state index contributed by atoms with van der Waals surface area (Å²) in [5.41, 5.74) is 3.20. The highest BCUT2D eigenvalue weighted by molar-refractivity contribution is 5.84. The molecule has 1 heteroatoms. The zero-order valence-corrected chi connectivity index (χ0v) is 13.6. The van der Waals surface area contributed by atoms with Crippen molar-refractivity contribution in [1.82, 2.24) is 0 Å². The van der Waals surface area contributed by atoms with E-state index in [1.165, 1.54) is 67.1 Å². The van der Waals surface area contributed by atoms with Crippen LogP contribution in [0.1, 0.15) is 50.7 Å². The zero-order chi connectivity index (χ0) is 14.7. The minimum Gasteiger partial charge on any atom is -0.316 e. The van der Waals surface area contributed by atoms with Gasteiger partial charge in [0.05, 0.1) is 13.1 Å². The molecule has 2 aromatic rings. The monoisotopic (exact) mass is 282 g/mol. The number of quaternary nitrogens is 1. The summed E-state index contributed by atoms with van der Waals surface area (Å²) in [5.74, 6) is 0. The molecule has 21 heavy (non-hydrogen) atoms. The Morgan fingerprint density at radius 3 is 1.71 bits per heavy atom. The molecule has 0 spiro atoms. The topological polar surface area (TPSA) is 0 Å². The molecule has 1 nitrogen and oxygen atoms in total. The molecule has 0 saturated carbocycles. The lowest BCUT2D eigenvalue weighted by Gasteiger charge is -2.34. The van der Waals surface area contributed by atoms with Gasteiger partial charge in [-0.1, -0.05) is 51.0 Å². The van der Waals surface area contributed by atoms with Crippen LogP contribution in [-0.4, -0.2) is 17.6 Å². The van der Waals surface area contributed by atoms with Crippen molar-refractivity contribution in [3.8, 4) is 0 Å². The van der Waals surface area contributed by atoms with Crippen molar-refractivity contribution in [3.63, 3.8) is 0 Å². The Bertz CT molecular complexity index is 560. The van der Waals surface area contributed by atoms with Crippen LogP contribution in [-0.2, 0) is 13.1 Å². The van der Waals surface area contributed by atoms with Gasteiger partial charge in [0, 0.05) is 11.1 Å². The number of fused-ring (bicyclic) bond motifs is 2. The van der Waals surface area contributed by atoms with E-state index in [2.05, 4.69) is 50.2 Å². The average molecular weight is 282 g/mol. The van der Waals surface area contributed by atoms with Crippen molar-refractivity contribution in [3.05, 3.63) is 47.5 Å². The van der Waals surface area contributed by atoms with Gasteiger partial charge < -0.3 is 4.48 Å². The van der Waals surface area contributed by atoms with Crippen molar-refractivity contribution >= 4 is 10.8 Å². The standard InChI is InChI=1S/C20H28N/c1-3-5-11-21(12-6-4-2)15-19-13-17-9-7-8-10-18(17)14-20(19)16-21/h7-10,13-14H,3-6,11-12,15-16H2,1-2H3/q+1. The van der Waals surface area contributed by atoms with E-state index in [9.17, 15) is 0 Å². The van der Waals surface area contributed by atoms with E-state index < -0.39 is 0 Å². The number of nitrogens with zero attached hydrogens (tertiary/aromatic N) is 1. The number of benzene rings is 2. The second kappa shape index (κ2) is 6.19. The predicted molar refractivity (Wildman–Crippen MR) is 91.2 cm³/mol. The Kier molecular flexibility index (Phi) is 4.30. The van der Waals surface area contributed by atoms with Crippen molar-refractivity contribution in [2.45, 2.75) is 52.6 Å². The second-order valence-electron chi connectivity index (χ2n) is 6.78. The van der Waals surface area contributed by atoms with Gasteiger partial charge in [-0.25, -0.2) is 0 Å². The van der Waals surface area contributed by atoms with Gasteiger partial charge in [-0.3, -0.25) is 0 Å². The molecule has 0 aromatic heterocycles. The van der Waals surface area contributed by atoms with Crippen molar-refractivity contribution in [2.24, 2.45) is 0 Å². The molecule has 112 valence electrons. The fraction of sp³-hybridized carbons (Fsp3) is 0.500. The lowest BCUT2D eigenvalue weighted by molar-refractivity contribution is -0.947. The van der Waals surface area contributed by atoms with Crippen LogP contribution in [0.2, 0.25) is 0 Å². The van der Waals surface area contributed by atoms with E-state index >= 15 is 0 Å². The summed E-state index contributed by atoms with van der Waals surface area (Å²) < 4.78 is 1.30. The van der Waals surface area contributed by atoms with Gasteiger partial charge in [0.2, 0.25) is 0 Å². The van der Waals surface area contributed by atoms with Crippen LogP contribution < -0.4 is 0 Å². The first-order valence-electron chi connectivity index (χ1n) is 8.62. The molecule has 1 heterocycles. The van der Waals surface area contributed by atoms with Crippen LogP contribution in [0, 0.1) is 0 Å². The molecular weight excluding hydrogens is 254 g/mol. The van der Waals surface area contributed by atoms with E-state index in [-0.39, 0.29) is 0 Å². The van der Waals surface area contributed by atoms with Gasteiger partial charge in [0.25, 0.3) is 0 Å². The maximum atomic E-state index is 2.45. The largest absolute Gasteiger partial charge is 0.316 e. The summed E-state index contributed by atoms with van der Waals surface area (Å²) in [7, 11) is 0. The van der Waals surface area contributed by atoms with E-state index in [1.54, 1.807) is 11.1 Å². The van der Waals surface area contributed by atoms with E-state index in [0.717, 1.165) is 0 Å². The van der Waals surface area contributed by atoms with Gasteiger partial charge in [-0.2, -0.15) is 0 Å². The molecule has 0 unspecified atom stereocenters. The summed E-state index contributed by atoms with van der Waals surface area (Å²) in [6, 6.07) is 13.7. The Labute approximate surface area is 129 Å². The predicted octanol–water partition coefficient (Wildman–Crippen LogP) is 5.27. The number of hydrogen-bond acceptors (Lipinski definition) is 0. The normalized spacial score (nSPS) is 16.3. The lowest BCUT2D eigenvalue weighted by atomic mass is 10.0. The van der Waals surface area contributed by atoms with Crippen LogP contribution in [0.15, 0.2) is 36.4 Å². The summed E-state index contributed by atoms with van der Waals surface area (Å²) in [5, 5.41) is 2.81. The molecule has 0 radical (unpaired) electrons. The fourth-order valence-electron chi connectivity index (χ4n) is 3.82. The maximum Gasteiger partial charge on any atom is 0.105 e. The van der Waals surface area contributed by atoms with Crippen LogP contribution in [0.5, 0.6) is 0 Å². The first-order chi connectivity index (χ1) is 10.3. The highest BCUT2D eigenvalue weighted by Crippen LogP contribution is 2.34. The molecular formula is C20H28N+. The van der Waals surface area contributed by atoms with Gasteiger partial charge >= 0.3 is 0 Å². The Balaban J connectivity index is 1.90. The maximum absolute atomic E-state index is 2.45. The molecule has 1 aliphatic rings. The van der Waals surface area contributed by atoms with Crippen molar-refractivity contribution in [1.29, 1.82) is 0 Å². The minimum absolute atomic E-state index is 1.25. The van der Waals surface area contributed by atoms with Gasteiger partial charge in [-0.05, 0) is 35.7 Å². The molecule has 1 aliphatic heterocycles. The molecule has 0 amide bonds. The van der Waals surface area contributed by atoms with E-state index in [0.29, 0.717) is 0 Å². The number of hydrogen-bond donors (Lipinski definition) is 0. The summed E-state index contributed by atoms with van der Waals surface area (Å²) in [4.78, 5) is 0. The summed E-state index contributed by atoms with van der Waals surface area (Å²) >= 11 is 0. The van der Waals surface area contributed by atoms with Crippen LogP contribution in [0.25, 0.3) is 10.8 Å². The van der Waals surface area contributed by atoms with Crippen molar-refractivity contribution < 1.29 is 4.48 Å². The third-order valence-electron chi connectivity index (χ3n) is 5.05. The Morgan fingerprint density at radius 1 is 0.810 bits per heavy atom. The Hall–Kier alpha value is -1.34. The lowest BCUT2D eigenvalue weighted by Crippen LogP contribution is -2.44. The molecule has 0 N–H and O–H groups in total. The quantitative estimate of drug-likeness (QED) is 0.633. The van der Waals surface area contributed by atoms with Gasteiger partial charge in [0.1, 0.15) is 13.1 Å². The second-order valence-corrected chi connectivity index (χ2v) is 6.78. The van der Waals surface area contributed by atoms with E-state index in [1.807, 2.05) is 0 Å². The highest BCUT2D eigenvalue weighted by Gasteiger charge is 2.34. The number of unbranched alkanes of at least 4 members (excludes halogenated alkanes) is 2. The van der Waals surface area contributed by atoms with Crippen LogP contribution in [0.4, 0.5) is 0 Å². The SMILES string of the molecule is CCCC[N+]1(CCCC)Cc2cc3ccccc3cc2C1. The molecule has 0 fully saturated rings. The average Bonchev–Trinajstić information content (AvgIpc) is 2.86. The van der Waals surface area contributed by atoms with E-state index in [4.69, 9.17) is 0 Å². The zero-order valence-electron chi connectivity index (χ0n) is 13.6. The molecule has 2 aromatic carbocycles. The molecule has 0 saturated heterocycles. The van der Waals surface area contributed by atoms with Gasteiger partial charge in [-0.15, -0.1) is 0 Å². The first kappa shape index (κ1) is 14.6. The first-order valence-corrected chi connectivity index (χ1v) is 8.62. The third kappa shape index (κ3) is 2.98. The molecule has 0 aliphatic carbocycles. The Morgan fingerprint density at radius 2 is 1.29 bits per heavy atom. The third-order valence-corrected chi connectivity index (χ3v) is 5.05. The van der Waals surface area contributed by atoms with Crippen molar-refractivity contribution in [2.75, 3.05) is 13.1 Å². The molecule has 0 atom stereocenters.